The zero-order chi connectivity index (χ0) is 11.7. The van der Waals surface area contributed by atoms with E-state index in [-0.39, 0.29) is 12.5 Å². The summed E-state index contributed by atoms with van der Waals surface area (Å²) >= 11 is 6.32. The van der Waals surface area contributed by atoms with Crippen molar-refractivity contribution in [2.24, 2.45) is 0 Å². The topological polar surface area (TPSA) is 61.6 Å². The molecule has 2 rings (SSSR count). The number of nitro benzene ring substituents is 1. The number of fused-ring (bicyclic) bond motifs is 1. The van der Waals surface area contributed by atoms with Gasteiger partial charge < -0.3 is 9.47 Å². The fourth-order valence-corrected chi connectivity index (χ4v) is 1.83. The molecular formula is C9H5Br2NO4. The van der Waals surface area contributed by atoms with Crippen LogP contribution in [0.4, 0.5) is 5.69 Å². The molecule has 0 atom stereocenters. The Hall–Kier alpha value is -1.08. The third-order valence-corrected chi connectivity index (χ3v) is 2.44. The Labute approximate surface area is 107 Å². The molecule has 0 saturated heterocycles. The highest BCUT2D eigenvalue weighted by Gasteiger charge is 2.22. The van der Waals surface area contributed by atoms with Gasteiger partial charge in [-0.05, 0) is 44.0 Å². The van der Waals surface area contributed by atoms with Gasteiger partial charge in [0.25, 0.3) is 5.69 Å². The number of halogens is 2. The van der Waals surface area contributed by atoms with E-state index in [1.807, 2.05) is 0 Å². The van der Waals surface area contributed by atoms with E-state index in [0.717, 1.165) is 0 Å². The highest BCUT2D eigenvalue weighted by molar-refractivity contribution is 9.28. The minimum absolute atomic E-state index is 0.0272. The summed E-state index contributed by atoms with van der Waals surface area (Å²) in [6.45, 7) is 0.0924. The molecule has 84 valence electrons. The van der Waals surface area contributed by atoms with Crippen LogP contribution < -0.4 is 9.47 Å². The number of hydrogen-bond acceptors (Lipinski definition) is 4. The summed E-state index contributed by atoms with van der Waals surface area (Å²) in [6.07, 6.45) is 1.58. The Morgan fingerprint density at radius 2 is 2.00 bits per heavy atom. The summed E-state index contributed by atoms with van der Waals surface area (Å²) < 4.78 is 10.8. The van der Waals surface area contributed by atoms with E-state index in [1.54, 1.807) is 12.1 Å². The van der Waals surface area contributed by atoms with E-state index in [4.69, 9.17) is 9.47 Å². The molecule has 1 aliphatic rings. The number of benzene rings is 1. The van der Waals surface area contributed by atoms with Crippen LogP contribution in [0.15, 0.2) is 15.5 Å². The molecule has 7 heteroatoms. The standard InChI is InChI=1S/C9H5Br2NO4/c10-9(11)2-5-1-7-8(16-4-15-7)3-6(5)12(13)14/h1-3H,4H2. The van der Waals surface area contributed by atoms with Gasteiger partial charge in [0.15, 0.2) is 11.5 Å². The molecule has 0 bridgehead atoms. The fraction of sp³-hybridized carbons (Fsp3) is 0.111. The third kappa shape index (κ3) is 2.19. The number of rotatable bonds is 2. The fourth-order valence-electron chi connectivity index (χ4n) is 1.34. The number of nitrogens with zero attached hydrogens (tertiary/aromatic N) is 1. The van der Waals surface area contributed by atoms with Crippen molar-refractivity contribution in [2.45, 2.75) is 0 Å². The van der Waals surface area contributed by atoms with Gasteiger partial charge in [0.1, 0.15) is 0 Å². The molecule has 0 amide bonds. The van der Waals surface area contributed by atoms with Crippen molar-refractivity contribution < 1.29 is 14.4 Å². The van der Waals surface area contributed by atoms with Gasteiger partial charge in [-0.25, -0.2) is 0 Å². The lowest BCUT2D eigenvalue weighted by Crippen LogP contribution is -1.93. The van der Waals surface area contributed by atoms with Gasteiger partial charge in [-0.3, -0.25) is 10.1 Å². The Morgan fingerprint density at radius 3 is 2.56 bits per heavy atom. The van der Waals surface area contributed by atoms with Crippen molar-refractivity contribution in [1.82, 2.24) is 0 Å². The molecule has 0 aliphatic carbocycles. The summed E-state index contributed by atoms with van der Waals surface area (Å²) in [7, 11) is 0. The molecule has 1 aliphatic heterocycles. The maximum Gasteiger partial charge on any atom is 0.280 e. The first-order chi connectivity index (χ1) is 7.58. The van der Waals surface area contributed by atoms with Crippen molar-refractivity contribution in [3.63, 3.8) is 0 Å². The quantitative estimate of drug-likeness (QED) is 0.605. The Balaban J connectivity index is 2.57. The molecular weight excluding hydrogens is 346 g/mol. The maximum atomic E-state index is 10.9. The largest absolute Gasteiger partial charge is 0.454 e. The van der Waals surface area contributed by atoms with Gasteiger partial charge in [-0.2, -0.15) is 0 Å². The lowest BCUT2D eigenvalue weighted by molar-refractivity contribution is -0.385. The average Bonchev–Trinajstić information content (AvgIpc) is 2.62. The van der Waals surface area contributed by atoms with Crippen LogP contribution in [-0.4, -0.2) is 11.7 Å². The molecule has 0 aromatic heterocycles. The summed E-state index contributed by atoms with van der Waals surface area (Å²) in [4.78, 5) is 10.4. The van der Waals surface area contributed by atoms with Crippen molar-refractivity contribution in [2.75, 3.05) is 6.79 Å². The van der Waals surface area contributed by atoms with E-state index in [1.165, 1.54) is 6.07 Å². The molecule has 0 N–H and O–H groups in total. The van der Waals surface area contributed by atoms with Crippen LogP contribution in [0.5, 0.6) is 11.5 Å². The molecule has 0 spiro atoms. The SMILES string of the molecule is O=[N+]([O-])c1cc2c(cc1C=C(Br)Br)OCO2. The Morgan fingerprint density at radius 1 is 1.38 bits per heavy atom. The van der Waals surface area contributed by atoms with Gasteiger partial charge in [0.2, 0.25) is 6.79 Å². The van der Waals surface area contributed by atoms with Crippen LogP contribution in [0.2, 0.25) is 0 Å². The highest BCUT2D eigenvalue weighted by Crippen LogP contribution is 2.39. The van der Waals surface area contributed by atoms with Gasteiger partial charge in [0, 0.05) is 0 Å². The number of nitro groups is 1. The maximum absolute atomic E-state index is 10.9. The van der Waals surface area contributed by atoms with E-state index < -0.39 is 4.92 Å². The summed E-state index contributed by atoms with van der Waals surface area (Å²) in [5.74, 6) is 0.910. The zero-order valence-electron chi connectivity index (χ0n) is 7.78. The Bertz CT molecular complexity index is 483. The molecule has 0 fully saturated rings. The minimum atomic E-state index is -0.462. The molecule has 16 heavy (non-hydrogen) atoms. The minimum Gasteiger partial charge on any atom is -0.454 e. The van der Waals surface area contributed by atoms with Crippen molar-refractivity contribution in [3.05, 3.63) is 31.2 Å². The van der Waals surface area contributed by atoms with Crippen LogP contribution >= 0.6 is 31.9 Å². The second-order valence-corrected chi connectivity index (χ2v) is 5.73. The lowest BCUT2D eigenvalue weighted by atomic mass is 10.1. The van der Waals surface area contributed by atoms with Crippen molar-refractivity contribution in [3.8, 4) is 11.5 Å². The van der Waals surface area contributed by atoms with E-state index >= 15 is 0 Å². The van der Waals surface area contributed by atoms with Crippen LogP contribution in [0.1, 0.15) is 5.56 Å². The van der Waals surface area contributed by atoms with E-state index in [0.29, 0.717) is 20.5 Å². The molecule has 1 aromatic carbocycles. The van der Waals surface area contributed by atoms with Crippen LogP contribution in [0, 0.1) is 10.1 Å². The summed E-state index contributed by atoms with van der Waals surface area (Å²) in [6, 6.07) is 2.93. The van der Waals surface area contributed by atoms with Crippen LogP contribution in [0.25, 0.3) is 6.08 Å². The normalized spacial score (nSPS) is 12.4. The van der Waals surface area contributed by atoms with Crippen molar-refractivity contribution in [1.29, 1.82) is 0 Å². The molecule has 0 radical (unpaired) electrons. The van der Waals surface area contributed by atoms with Gasteiger partial charge in [-0.15, -0.1) is 0 Å². The summed E-state index contributed by atoms with van der Waals surface area (Å²) in [5, 5.41) is 10.9. The van der Waals surface area contributed by atoms with E-state index in [2.05, 4.69) is 31.9 Å². The lowest BCUT2D eigenvalue weighted by Gasteiger charge is -2.00. The molecule has 0 unspecified atom stereocenters. The predicted octanol–water partition coefficient (Wildman–Crippen LogP) is 3.41. The van der Waals surface area contributed by atoms with E-state index in [9.17, 15) is 10.1 Å². The monoisotopic (exact) mass is 349 g/mol. The average molecular weight is 351 g/mol. The molecule has 0 saturated carbocycles. The number of ether oxygens (including phenoxy) is 2. The zero-order valence-corrected chi connectivity index (χ0v) is 10.9. The smallest absolute Gasteiger partial charge is 0.280 e. The van der Waals surface area contributed by atoms with Gasteiger partial charge >= 0.3 is 0 Å². The second kappa shape index (κ2) is 4.42. The number of hydrogen-bond donors (Lipinski definition) is 0. The second-order valence-electron chi connectivity index (χ2n) is 2.96. The van der Waals surface area contributed by atoms with Crippen LogP contribution in [-0.2, 0) is 0 Å². The summed E-state index contributed by atoms with van der Waals surface area (Å²) in [5.41, 5.74) is 0.415. The first kappa shape index (κ1) is 11.4. The first-order valence-corrected chi connectivity index (χ1v) is 5.77. The van der Waals surface area contributed by atoms with Gasteiger partial charge in [0.05, 0.1) is 19.9 Å². The predicted molar refractivity (Wildman–Crippen MR) is 65.1 cm³/mol. The first-order valence-electron chi connectivity index (χ1n) is 4.18. The Kier molecular flexibility index (Phi) is 3.15. The van der Waals surface area contributed by atoms with Gasteiger partial charge in [-0.1, -0.05) is 0 Å². The van der Waals surface area contributed by atoms with Crippen molar-refractivity contribution >= 4 is 43.6 Å². The molecule has 1 aromatic rings. The molecule has 1 heterocycles. The molecule has 5 nitrogen and oxygen atoms in total. The van der Waals surface area contributed by atoms with Crippen LogP contribution in [0.3, 0.4) is 0 Å². The highest BCUT2D eigenvalue weighted by atomic mass is 79.9. The third-order valence-electron chi connectivity index (χ3n) is 1.98.